The van der Waals surface area contributed by atoms with Gasteiger partial charge in [0.1, 0.15) is 5.82 Å². The summed E-state index contributed by atoms with van der Waals surface area (Å²) in [6, 6.07) is 17.1. The van der Waals surface area contributed by atoms with Crippen LogP contribution in [0.4, 0.5) is 4.39 Å². The lowest BCUT2D eigenvalue weighted by Gasteiger charge is -2.37. The van der Waals surface area contributed by atoms with Gasteiger partial charge in [0, 0.05) is 37.9 Å². The largest absolute Gasteiger partial charge is 0.337 e. The quantitative estimate of drug-likeness (QED) is 0.625. The van der Waals surface area contributed by atoms with Gasteiger partial charge < -0.3 is 4.90 Å². The Bertz CT molecular complexity index is 988. The maximum absolute atomic E-state index is 14.0. The highest BCUT2D eigenvalue weighted by atomic mass is 19.1. The van der Waals surface area contributed by atoms with Crippen molar-refractivity contribution < 1.29 is 9.18 Å². The lowest BCUT2D eigenvalue weighted by Crippen LogP contribution is -2.48. The Kier molecular flexibility index (Phi) is 6.23. The molecule has 30 heavy (non-hydrogen) atoms. The second-order valence-electron chi connectivity index (χ2n) is 7.95. The first-order valence-corrected chi connectivity index (χ1v) is 10.4. The Morgan fingerprint density at radius 2 is 1.90 bits per heavy atom. The standard InChI is InChI=1S/C24H27FN4O/c1-27(22-11-7-13-28(18-22)16-20-10-5-6-12-23(20)25)24(30)21-14-26-29(17-21)15-19-8-3-2-4-9-19/h2-6,8-10,12,14,17,22H,7,11,13,15-16,18H2,1H3/t22-/m1/s1. The van der Waals surface area contributed by atoms with Crippen LogP contribution in [0.2, 0.25) is 0 Å². The molecule has 0 N–H and O–H groups in total. The van der Waals surface area contributed by atoms with E-state index >= 15 is 0 Å². The van der Waals surface area contributed by atoms with Crippen molar-refractivity contribution in [2.45, 2.75) is 32.0 Å². The molecule has 1 aliphatic heterocycles. The molecule has 0 aliphatic carbocycles. The summed E-state index contributed by atoms with van der Waals surface area (Å²) in [7, 11) is 1.86. The molecular weight excluding hydrogens is 379 g/mol. The van der Waals surface area contributed by atoms with Crippen molar-refractivity contribution in [3.63, 3.8) is 0 Å². The lowest BCUT2D eigenvalue weighted by molar-refractivity contribution is 0.0607. The first kappa shape index (κ1) is 20.3. The third-order valence-corrected chi connectivity index (χ3v) is 5.77. The molecule has 0 radical (unpaired) electrons. The highest BCUT2D eigenvalue weighted by Gasteiger charge is 2.27. The number of benzene rings is 2. The monoisotopic (exact) mass is 406 g/mol. The SMILES string of the molecule is CN(C(=O)c1cnn(Cc2ccccc2)c1)[C@@H]1CCCN(Cc2ccccc2F)C1. The zero-order chi connectivity index (χ0) is 20.9. The molecule has 5 nitrogen and oxygen atoms in total. The van der Waals surface area contributed by atoms with Gasteiger partial charge in [0.15, 0.2) is 0 Å². The van der Waals surface area contributed by atoms with E-state index in [-0.39, 0.29) is 17.8 Å². The van der Waals surface area contributed by atoms with Crippen molar-refractivity contribution in [3.05, 3.63) is 89.5 Å². The predicted octanol–water partition coefficient (Wildman–Crippen LogP) is 3.81. The zero-order valence-electron chi connectivity index (χ0n) is 17.2. The fraction of sp³-hybridized carbons (Fsp3) is 0.333. The molecule has 1 atom stereocenters. The van der Waals surface area contributed by atoms with Crippen molar-refractivity contribution in [3.8, 4) is 0 Å². The smallest absolute Gasteiger partial charge is 0.257 e. The molecule has 4 rings (SSSR count). The maximum Gasteiger partial charge on any atom is 0.257 e. The summed E-state index contributed by atoms with van der Waals surface area (Å²) in [6.45, 7) is 2.87. The number of nitrogens with zero attached hydrogens (tertiary/aromatic N) is 4. The Morgan fingerprint density at radius 1 is 1.13 bits per heavy atom. The number of hydrogen-bond donors (Lipinski definition) is 0. The van der Waals surface area contributed by atoms with Gasteiger partial charge in [0.05, 0.1) is 18.3 Å². The van der Waals surface area contributed by atoms with E-state index in [1.54, 1.807) is 16.9 Å². The van der Waals surface area contributed by atoms with Crippen LogP contribution in [0.15, 0.2) is 67.0 Å². The fourth-order valence-electron chi connectivity index (χ4n) is 4.06. The van der Waals surface area contributed by atoms with Crippen LogP contribution < -0.4 is 0 Å². The number of carbonyl (C=O) groups excluding carboxylic acids is 1. The average molecular weight is 407 g/mol. The van der Waals surface area contributed by atoms with E-state index in [0.717, 1.165) is 31.5 Å². The minimum absolute atomic E-state index is 0.0212. The Hall–Kier alpha value is -2.99. The molecule has 6 heteroatoms. The van der Waals surface area contributed by atoms with Gasteiger partial charge >= 0.3 is 0 Å². The van der Waals surface area contributed by atoms with Crippen molar-refractivity contribution >= 4 is 5.91 Å². The molecule has 3 aromatic rings. The second-order valence-corrected chi connectivity index (χ2v) is 7.95. The molecule has 2 heterocycles. The van der Waals surface area contributed by atoms with Gasteiger partial charge in [-0.15, -0.1) is 0 Å². The van der Waals surface area contributed by atoms with Crippen LogP contribution in [-0.2, 0) is 13.1 Å². The number of likely N-dealkylation sites (tertiary alicyclic amines) is 1. The minimum Gasteiger partial charge on any atom is -0.337 e. The molecule has 0 spiro atoms. The predicted molar refractivity (Wildman–Crippen MR) is 115 cm³/mol. The van der Waals surface area contributed by atoms with Crippen LogP contribution >= 0.6 is 0 Å². The van der Waals surface area contributed by atoms with Gasteiger partial charge in [-0.1, -0.05) is 48.5 Å². The molecule has 1 saturated heterocycles. The van der Waals surface area contributed by atoms with Gasteiger partial charge in [-0.25, -0.2) is 4.39 Å². The van der Waals surface area contributed by atoms with E-state index in [1.807, 2.05) is 60.6 Å². The number of hydrogen-bond acceptors (Lipinski definition) is 3. The maximum atomic E-state index is 14.0. The summed E-state index contributed by atoms with van der Waals surface area (Å²) in [4.78, 5) is 17.1. The number of amides is 1. The van der Waals surface area contributed by atoms with Crippen LogP contribution in [-0.4, -0.2) is 51.7 Å². The van der Waals surface area contributed by atoms with Crippen molar-refractivity contribution in [1.29, 1.82) is 0 Å². The molecule has 0 saturated carbocycles. The normalized spacial score (nSPS) is 17.1. The molecule has 0 bridgehead atoms. The summed E-state index contributed by atoms with van der Waals surface area (Å²) in [5.74, 6) is -0.193. The van der Waals surface area contributed by atoms with E-state index in [0.29, 0.717) is 24.2 Å². The van der Waals surface area contributed by atoms with Crippen LogP contribution in [0.3, 0.4) is 0 Å². The van der Waals surface area contributed by atoms with Crippen molar-refractivity contribution in [2.75, 3.05) is 20.1 Å². The Labute approximate surface area is 176 Å². The third kappa shape index (κ3) is 4.76. The number of likely N-dealkylation sites (N-methyl/N-ethyl adjacent to an activating group) is 1. The fourth-order valence-corrected chi connectivity index (χ4v) is 4.06. The number of rotatable bonds is 6. The Morgan fingerprint density at radius 3 is 2.70 bits per heavy atom. The molecule has 1 aliphatic rings. The van der Waals surface area contributed by atoms with E-state index in [1.165, 1.54) is 6.07 Å². The topological polar surface area (TPSA) is 41.4 Å². The second kappa shape index (κ2) is 9.22. The first-order valence-electron chi connectivity index (χ1n) is 10.4. The third-order valence-electron chi connectivity index (χ3n) is 5.77. The number of carbonyl (C=O) groups is 1. The molecule has 1 fully saturated rings. The summed E-state index contributed by atoms with van der Waals surface area (Å²) in [6.07, 6.45) is 5.39. The van der Waals surface area contributed by atoms with Gasteiger partial charge in [-0.3, -0.25) is 14.4 Å². The van der Waals surface area contributed by atoms with Gasteiger partial charge in [0.25, 0.3) is 5.91 Å². The highest BCUT2D eigenvalue weighted by Crippen LogP contribution is 2.20. The van der Waals surface area contributed by atoms with E-state index < -0.39 is 0 Å². The van der Waals surface area contributed by atoms with Crippen LogP contribution in [0, 0.1) is 5.82 Å². The Balaban J connectivity index is 1.38. The lowest BCUT2D eigenvalue weighted by atomic mass is 10.0. The summed E-state index contributed by atoms with van der Waals surface area (Å²) in [5, 5.41) is 4.36. The summed E-state index contributed by atoms with van der Waals surface area (Å²) < 4.78 is 15.8. The van der Waals surface area contributed by atoms with Crippen LogP contribution in [0.5, 0.6) is 0 Å². The van der Waals surface area contributed by atoms with E-state index in [4.69, 9.17) is 0 Å². The number of piperidine rings is 1. The van der Waals surface area contributed by atoms with Crippen LogP contribution in [0.1, 0.15) is 34.3 Å². The highest BCUT2D eigenvalue weighted by molar-refractivity contribution is 5.93. The molecule has 2 aromatic carbocycles. The van der Waals surface area contributed by atoms with E-state index in [2.05, 4.69) is 10.00 Å². The van der Waals surface area contributed by atoms with Crippen molar-refractivity contribution in [2.24, 2.45) is 0 Å². The molecule has 1 aromatic heterocycles. The van der Waals surface area contributed by atoms with Gasteiger partial charge in [0.2, 0.25) is 0 Å². The molecular formula is C24H27FN4O. The minimum atomic E-state index is -0.171. The van der Waals surface area contributed by atoms with Gasteiger partial charge in [-0.05, 0) is 31.0 Å². The van der Waals surface area contributed by atoms with Crippen molar-refractivity contribution in [1.82, 2.24) is 19.6 Å². The molecule has 1 amide bonds. The summed E-state index contributed by atoms with van der Waals surface area (Å²) in [5.41, 5.74) is 2.44. The average Bonchev–Trinajstić information content (AvgIpc) is 3.24. The zero-order valence-corrected chi connectivity index (χ0v) is 17.2. The first-order chi connectivity index (χ1) is 14.6. The summed E-state index contributed by atoms with van der Waals surface area (Å²) >= 11 is 0. The van der Waals surface area contributed by atoms with E-state index in [9.17, 15) is 9.18 Å². The number of aromatic nitrogens is 2. The molecule has 0 unspecified atom stereocenters. The molecule has 156 valence electrons. The van der Waals surface area contributed by atoms with Crippen LogP contribution in [0.25, 0.3) is 0 Å². The number of halogens is 1. The van der Waals surface area contributed by atoms with Gasteiger partial charge in [-0.2, -0.15) is 5.10 Å².